The summed E-state index contributed by atoms with van der Waals surface area (Å²) in [5, 5.41) is 0. The van der Waals surface area contributed by atoms with Crippen LogP contribution >= 0.6 is 0 Å². The molecule has 0 saturated heterocycles. The van der Waals surface area contributed by atoms with Crippen molar-refractivity contribution in [1.29, 1.82) is 0 Å². The van der Waals surface area contributed by atoms with E-state index in [2.05, 4.69) is 20.8 Å². The number of rotatable bonds is 10. The largest absolute Gasteiger partial charge is 0.462 e. The molecule has 4 heteroatoms. The van der Waals surface area contributed by atoms with Gasteiger partial charge in [-0.05, 0) is 55.7 Å². The molecular formula is C24H36O4. The fourth-order valence-corrected chi connectivity index (χ4v) is 3.73. The Labute approximate surface area is 170 Å². The Kier molecular flexibility index (Phi) is 9.52. The highest BCUT2D eigenvalue weighted by Gasteiger charge is 2.27. The molecule has 3 unspecified atom stereocenters. The fraction of sp³-hybridized carbons (Fsp3) is 0.667. The molecule has 2 rings (SSSR count). The molecule has 0 heterocycles. The van der Waals surface area contributed by atoms with E-state index in [0.717, 1.165) is 32.1 Å². The van der Waals surface area contributed by atoms with Gasteiger partial charge in [-0.15, -0.1) is 0 Å². The Balaban J connectivity index is 1.78. The molecule has 0 spiro atoms. The van der Waals surface area contributed by atoms with Crippen LogP contribution in [0, 0.1) is 11.8 Å². The molecule has 1 aromatic carbocycles. The second-order valence-corrected chi connectivity index (χ2v) is 8.28. The Morgan fingerprint density at radius 1 is 0.929 bits per heavy atom. The van der Waals surface area contributed by atoms with Gasteiger partial charge in [0, 0.05) is 0 Å². The van der Waals surface area contributed by atoms with Crippen LogP contribution in [0.3, 0.4) is 0 Å². The van der Waals surface area contributed by atoms with E-state index in [1.54, 1.807) is 24.3 Å². The fourth-order valence-electron chi connectivity index (χ4n) is 3.73. The number of benzene rings is 1. The van der Waals surface area contributed by atoms with Crippen molar-refractivity contribution in [2.24, 2.45) is 11.8 Å². The van der Waals surface area contributed by atoms with Crippen molar-refractivity contribution < 1.29 is 19.1 Å². The molecule has 0 aliphatic heterocycles. The molecule has 0 radical (unpaired) electrons. The van der Waals surface area contributed by atoms with E-state index in [0.29, 0.717) is 29.6 Å². The average Bonchev–Trinajstić information content (AvgIpc) is 2.70. The van der Waals surface area contributed by atoms with Crippen LogP contribution in [0.1, 0.15) is 99.3 Å². The zero-order valence-corrected chi connectivity index (χ0v) is 17.7. The molecule has 1 saturated carbocycles. The van der Waals surface area contributed by atoms with Gasteiger partial charge < -0.3 is 9.47 Å². The smallest absolute Gasteiger partial charge is 0.338 e. The summed E-state index contributed by atoms with van der Waals surface area (Å²) in [5.41, 5.74) is 0.825. The minimum Gasteiger partial charge on any atom is -0.462 e. The topological polar surface area (TPSA) is 52.6 Å². The van der Waals surface area contributed by atoms with Gasteiger partial charge in [0.1, 0.15) is 6.10 Å². The van der Waals surface area contributed by atoms with Gasteiger partial charge >= 0.3 is 11.9 Å². The zero-order valence-electron chi connectivity index (χ0n) is 17.7. The first kappa shape index (κ1) is 22.4. The highest BCUT2D eigenvalue weighted by molar-refractivity contribution is 5.95. The lowest BCUT2D eigenvalue weighted by atomic mass is 9.80. The lowest BCUT2D eigenvalue weighted by molar-refractivity contribution is 0.00878. The first-order valence-electron chi connectivity index (χ1n) is 11.0. The summed E-state index contributed by atoms with van der Waals surface area (Å²) in [6, 6.07) is 6.68. The minimum absolute atomic E-state index is 0.0259. The van der Waals surface area contributed by atoms with Crippen molar-refractivity contribution in [2.75, 3.05) is 6.61 Å². The number of carbonyl (C=O) groups is 2. The van der Waals surface area contributed by atoms with Crippen LogP contribution in [-0.2, 0) is 9.47 Å². The SMILES string of the molecule is CCCCCCCCOC(=O)c1cccc(C(=O)OC2CCC(C)C(C)C2)c1. The van der Waals surface area contributed by atoms with E-state index in [4.69, 9.17) is 9.47 Å². The second kappa shape index (κ2) is 11.9. The number of unbranched alkanes of at least 4 members (excludes halogenated alkanes) is 5. The van der Waals surface area contributed by atoms with Gasteiger partial charge in [0.05, 0.1) is 17.7 Å². The highest BCUT2D eigenvalue weighted by Crippen LogP contribution is 2.31. The van der Waals surface area contributed by atoms with Crippen LogP contribution in [-0.4, -0.2) is 24.6 Å². The average molecular weight is 389 g/mol. The molecule has 1 aromatic rings. The Morgan fingerprint density at radius 2 is 1.61 bits per heavy atom. The number of hydrogen-bond donors (Lipinski definition) is 0. The second-order valence-electron chi connectivity index (χ2n) is 8.28. The van der Waals surface area contributed by atoms with Crippen molar-refractivity contribution in [2.45, 2.75) is 84.7 Å². The van der Waals surface area contributed by atoms with Crippen molar-refractivity contribution in [3.8, 4) is 0 Å². The Morgan fingerprint density at radius 3 is 2.32 bits per heavy atom. The van der Waals surface area contributed by atoms with E-state index in [9.17, 15) is 9.59 Å². The van der Waals surface area contributed by atoms with E-state index >= 15 is 0 Å². The minimum atomic E-state index is -0.372. The monoisotopic (exact) mass is 388 g/mol. The maximum absolute atomic E-state index is 12.5. The summed E-state index contributed by atoms with van der Waals surface area (Å²) in [6.45, 7) is 7.09. The van der Waals surface area contributed by atoms with Gasteiger partial charge in [-0.2, -0.15) is 0 Å². The van der Waals surface area contributed by atoms with Crippen LogP contribution in [0.4, 0.5) is 0 Å². The van der Waals surface area contributed by atoms with Crippen molar-refractivity contribution >= 4 is 11.9 Å². The normalized spacial score (nSPS) is 21.9. The van der Waals surface area contributed by atoms with E-state index in [1.165, 1.54) is 25.7 Å². The number of hydrogen-bond acceptors (Lipinski definition) is 4. The summed E-state index contributed by atoms with van der Waals surface area (Å²) in [7, 11) is 0. The van der Waals surface area contributed by atoms with Crippen LogP contribution in [0.5, 0.6) is 0 Å². The van der Waals surface area contributed by atoms with Gasteiger partial charge in [0.15, 0.2) is 0 Å². The maximum atomic E-state index is 12.5. The van der Waals surface area contributed by atoms with Gasteiger partial charge in [-0.3, -0.25) is 0 Å². The number of carbonyl (C=O) groups excluding carboxylic acids is 2. The zero-order chi connectivity index (χ0) is 20.4. The predicted octanol–water partition coefficient (Wildman–Crippen LogP) is 6.19. The summed E-state index contributed by atoms with van der Waals surface area (Å²) in [4.78, 5) is 24.7. The third-order valence-electron chi connectivity index (χ3n) is 5.89. The lowest BCUT2D eigenvalue weighted by Gasteiger charge is -2.31. The number of ether oxygens (including phenoxy) is 2. The van der Waals surface area contributed by atoms with Crippen LogP contribution in [0.2, 0.25) is 0 Å². The van der Waals surface area contributed by atoms with Crippen LogP contribution < -0.4 is 0 Å². The Bertz CT molecular complexity index is 625. The molecule has 156 valence electrons. The van der Waals surface area contributed by atoms with Crippen molar-refractivity contribution in [3.05, 3.63) is 35.4 Å². The molecule has 1 aliphatic carbocycles. The van der Waals surface area contributed by atoms with Gasteiger partial charge in [-0.25, -0.2) is 9.59 Å². The number of esters is 2. The predicted molar refractivity (Wildman–Crippen MR) is 111 cm³/mol. The molecule has 1 aliphatic rings. The van der Waals surface area contributed by atoms with Gasteiger partial charge in [0.2, 0.25) is 0 Å². The third-order valence-corrected chi connectivity index (χ3v) is 5.89. The van der Waals surface area contributed by atoms with Crippen LogP contribution in [0.15, 0.2) is 24.3 Å². The standard InChI is InChI=1S/C24H36O4/c1-4-5-6-7-8-9-15-27-23(25)20-11-10-12-21(17-20)24(26)28-22-14-13-18(2)19(3)16-22/h10-12,17-19,22H,4-9,13-16H2,1-3H3. The van der Waals surface area contributed by atoms with Gasteiger partial charge in [-0.1, -0.05) is 58.9 Å². The molecule has 0 aromatic heterocycles. The molecule has 0 N–H and O–H groups in total. The molecule has 3 atom stereocenters. The van der Waals surface area contributed by atoms with E-state index in [1.807, 2.05) is 0 Å². The van der Waals surface area contributed by atoms with Crippen molar-refractivity contribution in [3.63, 3.8) is 0 Å². The molecule has 0 bridgehead atoms. The quantitative estimate of drug-likeness (QED) is 0.354. The molecular weight excluding hydrogens is 352 g/mol. The Hall–Kier alpha value is -1.84. The molecule has 4 nitrogen and oxygen atoms in total. The summed E-state index contributed by atoms with van der Waals surface area (Å²) < 4.78 is 11.0. The molecule has 0 amide bonds. The lowest BCUT2D eigenvalue weighted by Crippen LogP contribution is -2.28. The van der Waals surface area contributed by atoms with Gasteiger partial charge in [0.25, 0.3) is 0 Å². The van der Waals surface area contributed by atoms with E-state index < -0.39 is 0 Å². The van der Waals surface area contributed by atoms with Crippen molar-refractivity contribution in [1.82, 2.24) is 0 Å². The summed E-state index contributed by atoms with van der Waals surface area (Å²) in [5.74, 6) is 0.523. The summed E-state index contributed by atoms with van der Waals surface area (Å²) in [6.07, 6.45) is 9.77. The molecule has 28 heavy (non-hydrogen) atoms. The first-order chi connectivity index (χ1) is 13.5. The van der Waals surface area contributed by atoms with Crippen LogP contribution in [0.25, 0.3) is 0 Å². The highest BCUT2D eigenvalue weighted by atomic mass is 16.5. The first-order valence-corrected chi connectivity index (χ1v) is 11.0. The maximum Gasteiger partial charge on any atom is 0.338 e. The summed E-state index contributed by atoms with van der Waals surface area (Å²) >= 11 is 0. The third kappa shape index (κ3) is 7.29. The molecule has 1 fully saturated rings. The van der Waals surface area contributed by atoms with E-state index in [-0.39, 0.29) is 18.0 Å².